The van der Waals surface area contributed by atoms with Gasteiger partial charge in [-0.25, -0.2) is 9.78 Å². The standard InChI is InChI=1S/C11H10ClN3O2S/c12-8-1-3-9(4-2-8)17-7-14-10(16)15-11-13-5-6-18-11/h1-6H,7H2,(H2,13,14,15,16). The normalized spacial score (nSPS) is 9.83. The number of carbonyl (C=O) groups excluding carboxylic acids is 1. The number of nitrogens with one attached hydrogen (secondary N) is 2. The van der Waals surface area contributed by atoms with Gasteiger partial charge in [-0.1, -0.05) is 11.6 Å². The van der Waals surface area contributed by atoms with Crippen LogP contribution in [0.25, 0.3) is 0 Å². The molecule has 94 valence electrons. The monoisotopic (exact) mass is 283 g/mol. The Morgan fingerprint density at radius 3 is 2.83 bits per heavy atom. The molecule has 2 rings (SSSR count). The maximum Gasteiger partial charge on any atom is 0.323 e. The van der Waals surface area contributed by atoms with Gasteiger partial charge in [0.25, 0.3) is 0 Å². The van der Waals surface area contributed by atoms with Crippen LogP contribution in [0.1, 0.15) is 0 Å². The number of rotatable bonds is 4. The summed E-state index contributed by atoms with van der Waals surface area (Å²) in [6, 6.07) is 6.52. The Hall–Kier alpha value is -1.79. The molecule has 2 N–H and O–H groups in total. The van der Waals surface area contributed by atoms with Crippen molar-refractivity contribution in [1.82, 2.24) is 10.3 Å². The molecule has 0 unspecified atom stereocenters. The third-order valence-corrected chi connectivity index (χ3v) is 2.88. The van der Waals surface area contributed by atoms with Crippen LogP contribution in [0.2, 0.25) is 5.02 Å². The van der Waals surface area contributed by atoms with Crippen molar-refractivity contribution in [3.8, 4) is 5.75 Å². The van der Waals surface area contributed by atoms with Gasteiger partial charge in [0.05, 0.1) is 0 Å². The molecule has 2 amide bonds. The van der Waals surface area contributed by atoms with Crippen molar-refractivity contribution in [2.45, 2.75) is 0 Å². The van der Waals surface area contributed by atoms with Crippen molar-refractivity contribution in [3.63, 3.8) is 0 Å². The van der Waals surface area contributed by atoms with E-state index in [9.17, 15) is 4.79 Å². The van der Waals surface area contributed by atoms with Crippen molar-refractivity contribution < 1.29 is 9.53 Å². The number of carbonyl (C=O) groups is 1. The van der Waals surface area contributed by atoms with E-state index in [1.54, 1.807) is 35.8 Å². The highest BCUT2D eigenvalue weighted by molar-refractivity contribution is 7.13. The molecule has 1 aromatic carbocycles. The molecule has 2 aromatic rings. The molecule has 18 heavy (non-hydrogen) atoms. The fourth-order valence-electron chi connectivity index (χ4n) is 1.14. The molecular weight excluding hydrogens is 274 g/mol. The van der Waals surface area contributed by atoms with Crippen LogP contribution >= 0.6 is 22.9 Å². The van der Waals surface area contributed by atoms with Gasteiger partial charge >= 0.3 is 6.03 Å². The number of hydrogen-bond donors (Lipinski definition) is 2. The number of halogens is 1. The summed E-state index contributed by atoms with van der Waals surface area (Å²) in [7, 11) is 0. The lowest BCUT2D eigenvalue weighted by atomic mass is 10.3. The summed E-state index contributed by atoms with van der Waals surface area (Å²) in [5.41, 5.74) is 0. The Morgan fingerprint density at radius 2 is 2.17 bits per heavy atom. The number of ether oxygens (including phenoxy) is 1. The zero-order valence-electron chi connectivity index (χ0n) is 9.22. The van der Waals surface area contributed by atoms with E-state index in [0.717, 1.165) is 0 Å². The van der Waals surface area contributed by atoms with E-state index < -0.39 is 0 Å². The molecule has 1 aromatic heterocycles. The van der Waals surface area contributed by atoms with Gasteiger partial charge in [-0.15, -0.1) is 11.3 Å². The van der Waals surface area contributed by atoms with Crippen molar-refractivity contribution >= 4 is 34.1 Å². The van der Waals surface area contributed by atoms with E-state index in [2.05, 4.69) is 15.6 Å². The minimum absolute atomic E-state index is 0.0683. The molecule has 0 spiro atoms. The zero-order chi connectivity index (χ0) is 12.8. The lowest BCUT2D eigenvalue weighted by Crippen LogP contribution is -2.31. The Balaban J connectivity index is 1.72. The first-order chi connectivity index (χ1) is 8.74. The van der Waals surface area contributed by atoms with Gasteiger partial charge < -0.3 is 10.1 Å². The third kappa shape index (κ3) is 3.90. The Labute approximate surface area is 113 Å². The SMILES string of the molecule is O=C(NCOc1ccc(Cl)cc1)Nc1nccs1. The topological polar surface area (TPSA) is 63.2 Å². The molecule has 0 aliphatic heterocycles. The van der Waals surface area contributed by atoms with Crippen molar-refractivity contribution in [3.05, 3.63) is 40.9 Å². The maximum atomic E-state index is 11.4. The molecule has 0 bridgehead atoms. The van der Waals surface area contributed by atoms with E-state index in [-0.39, 0.29) is 12.8 Å². The molecule has 0 atom stereocenters. The molecule has 0 saturated heterocycles. The fraction of sp³-hybridized carbons (Fsp3) is 0.0909. The molecule has 0 saturated carbocycles. The second-order valence-corrected chi connectivity index (χ2v) is 4.54. The predicted octanol–water partition coefficient (Wildman–Crippen LogP) is 2.95. The molecule has 0 aliphatic rings. The van der Waals surface area contributed by atoms with Crippen LogP contribution in [0.5, 0.6) is 5.75 Å². The van der Waals surface area contributed by atoms with Crippen LogP contribution in [-0.2, 0) is 0 Å². The molecule has 0 radical (unpaired) electrons. The lowest BCUT2D eigenvalue weighted by Gasteiger charge is -2.07. The molecule has 5 nitrogen and oxygen atoms in total. The zero-order valence-corrected chi connectivity index (χ0v) is 10.8. The highest BCUT2D eigenvalue weighted by atomic mass is 35.5. The quantitative estimate of drug-likeness (QED) is 0.848. The number of hydrogen-bond acceptors (Lipinski definition) is 4. The highest BCUT2D eigenvalue weighted by Crippen LogP contribution is 2.15. The first-order valence-electron chi connectivity index (χ1n) is 5.07. The predicted molar refractivity (Wildman–Crippen MR) is 71.2 cm³/mol. The largest absolute Gasteiger partial charge is 0.473 e. The summed E-state index contributed by atoms with van der Waals surface area (Å²) in [5.74, 6) is 0.633. The smallest absolute Gasteiger partial charge is 0.323 e. The van der Waals surface area contributed by atoms with E-state index >= 15 is 0 Å². The second-order valence-electron chi connectivity index (χ2n) is 3.21. The van der Waals surface area contributed by atoms with Crippen molar-refractivity contribution in [1.29, 1.82) is 0 Å². The number of benzene rings is 1. The van der Waals surface area contributed by atoms with E-state index in [1.807, 2.05) is 0 Å². The van der Waals surface area contributed by atoms with Crippen LogP contribution in [0.3, 0.4) is 0 Å². The van der Waals surface area contributed by atoms with Crippen molar-refractivity contribution in [2.24, 2.45) is 0 Å². The van der Waals surface area contributed by atoms with Gasteiger partial charge in [0, 0.05) is 16.6 Å². The summed E-state index contributed by atoms with van der Waals surface area (Å²) in [4.78, 5) is 15.3. The summed E-state index contributed by atoms with van der Waals surface area (Å²) >= 11 is 7.08. The molecule has 0 aliphatic carbocycles. The summed E-state index contributed by atoms with van der Waals surface area (Å²) < 4.78 is 5.30. The van der Waals surface area contributed by atoms with Gasteiger partial charge in [-0.3, -0.25) is 5.32 Å². The van der Waals surface area contributed by atoms with Crippen molar-refractivity contribution in [2.75, 3.05) is 12.0 Å². The first kappa shape index (κ1) is 12.7. The second kappa shape index (κ2) is 6.23. The van der Waals surface area contributed by atoms with Crippen LogP contribution in [-0.4, -0.2) is 17.7 Å². The highest BCUT2D eigenvalue weighted by Gasteiger charge is 2.02. The number of urea groups is 1. The van der Waals surface area contributed by atoms with E-state index in [0.29, 0.717) is 15.9 Å². The van der Waals surface area contributed by atoms with Gasteiger partial charge in [-0.2, -0.15) is 0 Å². The van der Waals surface area contributed by atoms with Gasteiger partial charge in [0.1, 0.15) is 5.75 Å². The molecule has 7 heteroatoms. The summed E-state index contributed by atoms with van der Waals surface area (Å²) in [6.45, 7) is 0.0683. The third-order valence-electron chi connectivity index (χ3n) is 1.94. The average molecular weight is 284 g/mol. The fourth-order valence-corrected chi connectivity index (χ4v) is 1.79. The van der Waals surface area contributed by atoms with Crippen LogP contribution in [0, 0.1) is 0 Å². The maximum absolute atomic E-state index is 11.4. The molecule has 0 fully saturated rings. The number of anilines is 1. The number of aromatic nitrogens is 1. The van der Waals surface area contributed by atoms with Crippen LogP contribution < -0.4 is 15.4 Å². The molecule has 1 heterocycles. The minimum atomic E-state index is -0.362. The Morgan fingerprint density at radius 1 is 1.39 bits per heavy atom. The number of thiazole rings is 1. The first-order valence-corrected chi connectivity index (χ1v) is 6.32. The Bertz CT molecular complexity index is 502. The number of amides is 2. The van der Waals surface area contributed by atoms with Crippen LogP contribution in [0.15, 0.2) is 35.8 Å². The summed E-state index contributed by atoms with van der Waals surface area (Å²) in [5, 5.41) is 8.07. The van der Waals surface area contributed by atoms with Crippen LogP contribution in [0.4, 0.5) is 9.93 Å². The van der Waals surface area contributed by atoms with Gasteiger partial charge in [-0.05, 0) is 24.3 Å². The lowest BCUT2D eigenvalue weighted by molar-refractivity contribution is 0.234. The molecular formula is C11H10ClN3O2S. The Kier molecular flexibility index (Phi) is 4.38. The van der Waals surface area contributed by atoms with Gasteiger partial charge in [0.2, 0.25) is 0 Å². The number of nitrogens with zero attached hydrogens (tertiary/aromatic N) is 1. The van der Waals surface area contributed by atoms with E-state index in [1.165, 1.54) is 11.3 Å². The summed E-state index contributed by atoms with van der Waals surface area (Å²) in [6.07, 6.45) is 1.62. The minimum Gasteiger partial charge on any atom is -0.473 e. The van der Waals surface area contributed by atoms with Gasteiger partial charge in [0.15, 0.2) is 11.9 Å². The average Bonchev–Trinajstić information content (AvgIpc) is 2.84. The van der Waals surface area contributed by atoms with E-state index in [4.69, 9.17) is 16.3 Å².